The molecular weight excluding hydrogens is 322 g/mol. The Bertz CT molecular complexity index is 741. The molecular formula is C14H13N3OS3. The molecule has 2 aromatic heterocycles. The fourth-order valence-electron chi connectivity index (χ4n) is 1.72. The molecule has 108 valence electrons. The number of aryl methyl sites for hydroxylation is 2. The molecule has 4 nitrogen and oxygen atoms in total. The lowest BCUT2D eigenvalue weighted by Gasteiger charge is -1.99. The standard InChI is InChI=1S/C14H13N3OS3/c1-8-9(2)20-13(15-8)17-12(18)7-19-14-16-10-5-3-4-6-11(10)21-14/h3-6H,7H2,1-2H3,(H,15,17,18). The van der Waals surface area contributed by atoms with Gasteiger partial charge >= 0.3 is 0 Å². The van der Waals surface area contributed by atoms with E-state index in [0.29, 0.717) is 10.9 Å². The van der Waals surface area contributed by atoms with Crippen molar-refractivity contribution in [2.45, 2.75) is 18.2 Å². The van der Waals surface area contributed by atoms with E-state index in [1.807, 2.05) is 38.1 Å². The Balaban J connectivity index is 1.60. The number of hydrogen-bond acceptors (Lipinski definition) is 6. The number of thiazole rings is 2. The summed E-state index contributed by atoms with van der Waals surface area (Å²) in [7, 11) is 0. The maximum atomic E-state index is 11.9. The first-order valence-electron chi connectivity index (χ1n) is 6.34. The lowest BCUT2D eigenvalue weighted by molar-refractivity contribution is -0.113. The highest BCUT2D eigenvalue weighted by molar-refractivity contribution is 8.01. The Morgan fingerprint density at radius 1 is 1.24 bits per heavy atom. The van der Waals surface area contributed by atoms with E-state index in [9.17, 15) is 4.79 Å². The van der Waals surface area contributed by atoms with Gasteiger partial charge in [-0.25, -0.2) is 9.97 Å². The number of benzene rings is 1. The summed E-state index contributed by atoms with van der Waals surface area (Å²) in [6.07, 6.45) is 0. The summed E-state index contributed by atoms with van der Waals surface area (Å²) in [6, 6.07) is 7.99. The van der Waals surface area contributed by atoms with Crippen LogP contribution >= 0.6 is 34.4 Å². The molecule has 21 heavy (non-hydrogen) atoms. The zero-order chi connectivity index (χ0) is 14.8. The van der Waals surface area contributed by atoms with Gasteiger partial charge in [-0.3, -0.25) is 4.79 Å². The second-order valence-electron chi connectivity index (χ2n) is 4.44. The first-order chi connectivity index (χ1) is 10.1. The number of nitrogens with zero attached hydrogens (tertiary/aromatic N) is 2. The molecule has 0 saturated heterocycles. The number of para-hydroxylation sites is 1. The molecule has 0 radical (unpaired) electrons. The third kappa shape index (κ3) is 3.42. The molecule has 0 bridgehead atoms. The molecule has 0 aliphatic heterocycles. The second-order valence-corrected chi connectivity index (χ2v) is 7.90. The molecule has 3 rings (SSSR count). The molecule has 1 aromatic carbocycles. The lowest BCUT2D eigenvalue weighted by Crippen LogP contribution is -2.13. The van der Waals surface area contributed by atoms with Gasteiger partial charge < -0.3 is 5.32 Å². The predicted octanol–water partition coefficient (Wildman–Crippen LogP) is 4.10. The molecule has 7 heteroatoms. The van der Waals surface area contributed by atoms with Crippen LogP contribution in [0.1, 0.15) is 10.6 Å². The fraction of sp³-hybridized carbons (Fsp3) is 0.214. The molecule has 0 atom stereocenters. The first kappa shape index (κ1) is 14.5. The van der Waals surface area contributed by atoms with E-state index in [2.05, 4.69) is 15.3 Å². The van der Waals surface area contributed by atoms with Crippen molar-refractivity contribution < 1.29 is 4.79 Å². The molecule has 0 spiro atoms. The Hall–Kier alpha value is -1.44. The lowest BCUT2D eigenvalue weighted by atomic mass is 10.3. The van der Waals surface area contributed by atoms with Gasteiger partial charge in [0.1, 0.15) is 0 Å². The topological polar surface area (TPSA) is 54.9 Å². The van der Waals surface area contributed by atoms with E-state index >= 15 is 0 Å². The van der Waals surface area contributed by atoms with Crippen LogP contribution in [0.15, 0.2) is 28.6 Å². The molecule has 1 amide bonds. The van der Waals surface area contributed by atoms with E-state index < -0.39 is 0 Å². The number of nitrogens with one attached hydrogen (secondary N) is 1. The summed E-state index contributed by atoms with van der Waals surface area (Å²) in [5.41, 5.74) is 1.95. The Morgan fingerprint density at radius 2 is 2.05 bits per heavy atom. The van der Waals surface area contributed by atoms with Gasteiger partial charge in [-0.2, -0.15) is 0 Å². The maximum absolute atomic E-state index is 11.9. The van der Waals surface area contributed by atoms with Crippen molar-refractivity contribution in [2.24, 2.45) is 0 Å². The smallest absolute Gasteiger partial charge is 0.236 e. The third-order valence-corrected chi connectivity index (χ3v) is 6.04. The minimum absolute atomic E-state index is 0.0481. The van der Waals surface area contributed by atoms with Gasteiger partial charge in [0.05, 0.1) is 21.7 Å². The molecule has 0 saturated carbocycles. The van der Waals surface area contributed by atoms with E-state index in [-0.39, 0.29) is 5.91 Å². The van der Waals surface area contributed by atoms with Crippen LogP contribution in [0, 0.1) is 13.8 Å². The largest absolute Gasteiger partial charge is 0.301 e. The molecule has 0 aliphatic carbocycles. The highest BCUT2D eigenvalue weighted by atomic mass is 32.2. The average Bonchev–Trinajstić information content (AvgIpc) is 3.00. The van der Waals surface area contributed by atoms with Crippen LogP contribution in [0.3, 0.4) is 0 Å². The van der Waals surface area contributed by atoms with Crippen LogP contribution in [0.25, 0.3) is 10.2 Å². The zero-order valence-electron chi connectivity index (χ0n) is 11.5. The van der Waals surface area contributed by atoms with Crippen molar-refractivity contribution in [3.05, 3.63) is 34.8 Å². The van der Waals surface area contributed by atoms with Crippen LogP contribution in [0.2, 0.25) is 0 Å². The maximum Gasteiger partial charge on any atom is 0.236 e. The first-order valence-corrected chi connectivity index (χ1v) is 8.96. The zero-order valence-corrected chi connectivity index (χ0v) is 14.0. The van der Waals surface area contributed by atoms with E-state index in [0.717, 1.165) is 25.1 Å². The van der Waals surface area contributed by atoms with Gasteiger partial charge in [-0.1, -0.05) is 23.9 Å². The number of rotatable bonds is 4. The van der Waals surface area contributed by atoms with Gasteiger partial charge in [-0.15, -0.1) is 22.7 Å². The van der Waals surface area contributed by atoms with E-state index in [4.69, 9.17) is 0 Å². The van der Waals surface area contributed by atoms with Gasteiger partial charge in [-0.05, 0) is 26.0 Å². The minimum Gasteiger partial charge on any atom is -0.301 e. The average molecular weight is 335 g/mol. The molecule has 0 unspecified atom stereocenters. The molecule has 0 aliphatic rings. The number of hydrogen-bond donors (Lipinski definition) is 1. The van der Waals surface area contributed by atoms with Gasteiger partial charge in [0, 0.05) is 4.88 Å². The predicted molar refractivity (Wildman–Crippen MR) is 90.6 cm³/mol. The van der Waals surface area contributed by atoms with Crippen LogP contribution in [0.5, 0.6) is 0 Å². The quantitative estimate of drug-likeness (QED) is 0.729. The third-order valence-electron chi connectivity index (χ3n) is 2.88. The second kappa shape index (κ2) is 6.13. The Morgan fingerprint density at radius 3 is 2.76 bits per heavy atom. The van der Waals surface area contributed by atoms with Crippen molar-refractivity contribution in [3.8, 4) is 0 Å². The number of carbonyl (C=O) groups excluding carboxylic acids is 1. The van der Waals surface area contributed by atoms with Gasteiger partial charge in [0.15, 0.2) is 9.47 Å². The van der Waals surface area contributed by atoms with Crippen molar-refractivity contribution >= 4 is 55.7 Å². The van der Waals surface area contributed by atoms with Crippen molar-refractivity contribution in [1.82, 2.24) is 9.97 Å². The normalized spacial score (nSPS) is 11.0. The van der Waals surface area contributed by atoms with E-state index in [1.165, 1.54) is 23.1 Å². The summed E-state index contributed by atoms with van der Waals surface area (Å²) in [6.45, 7) is 3.94. The number of fused-ring (bicyclic) bond motifs is 1. The molecule has 1 N–H and O–H groups in total. The van der Waals surface area contributed by atoms with Crippen molar-refractivity contribution in [2.75, 3.05) is 11.1 Å². The Labute approximate surface area is 134 Å². The fourth-order valence-corrected chi connectivity index (χ4v) is 4.42. The summed E-state index contributed by atoms with van der Waals surface area (Å²) < 4.78 is 2.06. The van der Waals surface area contributed by atoms with Crippen LogP contribution in [0.4, 0.5) is 5.13 Å². The minimum atomic E-state index is -0.0481. The van der Waals surface area contributed by atoms with Crippen molar-refractivity contribution in [1.29, 1.82) is 0 Å². The molecule has 2 heterocycles. The van der Waals surface area contributed by atoms with Crippen LogP contribution in [-0.2, 0) is 4.79 Å². The highest BCUT2D eigenvalue weighted by Crippen LogP contribution is 2.29. The van der Waals surface area contributed by atoms with Crippen LogP contribution < -0.4 is 5.32 Å². The number of anilines is 1. The highest BCUT2D eigenvalue weighted by Gasteiger charge is 2.10. The van der Waals surface area contributed by atoms with Gasteiger partial charge in [0.25, 0.3) is 0 Å². The summed E-state index contributed by atoms with van der Waals surface area (Å²) in [5.74, 6) is 0.297. The summed E-state index contributed by atoms with van der Waals surface area (Å²) in [5, 5.41) is 3.50. The number of thioether (sulfide) groups is 1. The van der Waals surface area contributed by atoms with Crippen molar-refractivity contribution in [3.63, 3.8) is 0 Å². The number of carbonyl (C=O) groups is 1. The number of aromatic nitrogens is 2. The molecule has 0 fully saturated rings. The summed E-state index contributed by atoms with van der Waals surface area (Å²) in [4.78, 5) is 21.9. The van der Waals surface area contributed by atoms with Gasteiger partial charge in [0.2, 0.25) is 5.91 Å². The molecule has 3 aromatic rings. The SMILES string of the molecule is Cc1nc(NC(=O)CSc2nc3ccccc3s2)sc1C. The number of amides is 1. The van der Waals surface area contributed by atoms with Crippen LogP contribution in [-0.4, -0.2) is 21.6 Å². The van der Waals surface area contributed by atoms with E-state index in [1.54, 1.807) is 11.3 Å². The summed E-state index contributed by atoms with van der Waals surface area (Å²) >= 11 is 4.57. The Kier molecular flexibility index (Phi) is 4.23. The monoisotopic (exact) mass is 335 g/mol.